The summed E-state index contributed by atoms with van der Waals surface area (Å²) >= 11 is 0. The van der Waals surface area contributed by atoms with Gasteiger partial charge in [0.05, 0.1) is 0 Å². The minimum Gasteiger partial charge on any atom is -0.398 e. The number of fused-ring (bicyclic) bond motifs is 1. The lowest BCUT2D eigenvalue weighted by Crippen LogP contribution is -2.10. The predicted octanol–water partition coefficient (Wildman–Crippen LogP) is 2.47. The predicted molar refractivity (Wildman–Crippen MR) is 87.4 cm³/mol. The first kappa shape index (κ1) is 13.8. The Morgan fingerprint density at radius 2 is 2.00 bits per heavy atom. The van der Waals surface area contributed by atoms with Crippen molar-refractivity contribution in [1.29, 1.82) is 0 Å². The second-order valence-corrected chi connectivity index (χ2v) is 8.65. The Balaban J connectivity index is 2.27. The van der Waals surface area contributed by atoms with Gasteiger partial charge in [-0.3, -0.25) is 0 Å². The Morgan fingerprint density at radius 1 is 1.24 bits per heavy atom. The lowest BCUT2D eigenvalue weighted by atomic mass is 10.1. The van der Waals surface area contributed by atoms with E-state index in [1.54, 1.807) is 30.3 Å². The highest BCUT2D eigenvalue weighted by Crippen LogP contribution is 2.38. The van der Waals surface area contributed by atoms with E-state index in [-0.39, 0.29) is 0 Å². The number of pyridine rings is 1. The maximum Gasteiger partial charge on any atom is 0.158 e. The fourth-order valence-electron chi connectivity index (χ4n) is 2.46. The molecular weight excluding hydrogens is 283 g/mol. The zero-order valence-electron chi connectivity index (χ0n) is 12.2. The van der Waals surface area contributed by atoms with Crippen molar-refractivity contribution in [3.05, 3.63) is 36.5 Å². The van der Waals surface area contributed by atoms with Gasteiger partial charge in [0.1, 0.15) is 12.8 Å². The second kappa shape index (κ2) is 4.71. The average Bonchev–Trinajstić information content (AvgIpc) is 2.76. The summed E-state index contributed by atoms with van der Waals surface area (Å²) in [5.41, 5.74) is 9.08. The van der Waals surface area contributed by atoms with Crippen LogP contribution in [0.2, 0.25) is 0 Å². The largest absolute Gasteiger partial charge is 0.398 e. The molecule has 0 radical (unpaired) electrons. The van der Waals surface area contributed by atoms with E-state index in [4.69, 9.17) is 5.73 Å². The van der Waals surface area contributed by atoms with Crippen LogP contribution < -0.4 is 11.0 Å². The molecule has 0 bridgehead atoms. The number of nitrogens with two attached hydrogens (primary N) is 1. The number of hydrogen-bond donors (Lipinski definition) is 1. The van der Waals surface area contributed by atoms with Crippen LogP contribution in [0.4, 0.5) is 5.69 Å². The lowest BCUT2D eigenvalue weighted by molar-refractivity contribution is 0.588. The Kier molecular flexibility index (Phi) is 3.10. The highest BCUT2D eigenvalue weighted by Gasteiger charge is 2.18. The summed E-state index contributed by atoms with van der Waals surface area (Å²) in [4.78, 5) is 4.34. The van der Waals surface area contributed by atoms with E-state index in [2.05, 4.69) is 10.1 Å². The van der Waals surface area contributed by atoms with E-state index < -0.39 is 7.14 Å². The first-order chi connectivity index (χ1) is 9.88. The van der Waals surface area contributed by atoms with E-state index >= 15 is 0 Å². The molecule has 0 saturated heterocycles. The molecule has 0 aliphatic carbocycles. The van der Waals surface area contributed by atoms with Gasteiger partial charge in [0.25, 0.3) is 0 Å². The maximum atomic E-state index is 12.4. The SMILES string of the molecule is Cn1nc(-c2ccc(N)c(P(C)(C)=O)c2)c2cccnc21. The third-order valence-corrected chi connectivity index (χ3v) is 5.03. The normalized spacial score (nSPS) is 12.0. The van der Waals surface area contributed by atoms with Crippen molar-refractivity contribution in [1.82, 2.24) is 14.8 Å². The van der Waals surface area contributed by atoms with Gasteiger partial charge < -0.3 is 10.3 Å². The van der Waals surface area contributed by atoms with Crippen molar-refractivity contribution in [2.24, 2.45) is 7.05 Å². The Hall–Kier alpha value is -2.13. The number of anilines is 1. The van der Waals surface area contributed by atoms with Crippen molar-refractivity contribution in [3.8, 4) is 11.3 Å². The van der Waals surface area contributed by atoms with Gasteiger partial charge in [0.15, 0.2) is 5.65 Å². The quantitative estimate of drug-likeness (QED) is 0.583. The molecule has 0 amide bonds. The zero-order valence-corrected chi connectivity index (χ0v) is 13.1. The van der Waals surface area contributed by atoms with Crippen LogP contribution in [0.3, 0.4) is 0 Å². The minimum atomic E-state index is -2.43. The van der Waals surface area contributed by atoms with Gasteiger partial charge in [-0.1, -0.05) is 6.07 Å². The molecule has 0 aliphatic heterocycles. The highest BCUT2D eigenvalue weighted by molar-refractivity contribution is 7.70. The number of hydrogen-bond acceptors (Lipinski definition) is 4. The van der Waals surface area contributed by atoms with Gasteiger partial charge >= 0.3 is 0 Å². The number of aromatic nitrogens is 3. The highest BCUT2D eigenvalue weighted by atomic mass is 31.2. The molecule has 2 heterocycles. The van der Waals surface area contributed by atoms with E-state index in [9.17, 15) is 4.57 Å². The summed E-state index contributed by atoms with van der Waals surface area (Å²) in [6, 6.07) is 9.45. The third kappa shape index (κ3) is 2.34. The number of nitrogens with zero attached hydrogens (tertiary/aromatic N) is 3. The lowest BCUT2D eigenvalue weighted by Gasteiger charge is -2.11. The molecule has 2 N–H and O–H groups in total. The van der Waals surface area contributed by atoms with Gasteiger partial charge in [0, 0.05) is 35.2 Å². The molecule has 2 aromatic heterocycles. The first-order valence-electron chi connectivity index (χ1n) is 6.61. The van der Waals surface area contributed by atoms with E-state index in [0.717, 1.165) is 22.3 Å². The summed E-state index contributed by atoms with van der Waals surface area (Å²) in [5.74, 6) is 0. The van der Waals surface area contributed by atoms with Crippen LogP contribution in [0.5, 0.6) is 0 Å². The standard InChI is InChI=1S/C15H17N4OP/c1-19-15-11(5-4-8-17-15)14(18-19)10-6-7-12(16)13(9-10)21(2,3)20/h4-9H,16H2,1-3H3. The molecule has 5 nitrogen and oxygen atoms in total. The fourth-order valence-corrected chi connectivity index (χ4v) is 3.61. The molecule has 0 aliphatic rings. The summed E-state index contributed by atoms with van der Waals surface area (Å²) in [6.07, 6.45) is 1.74. The van der Waals surface area contributed by atoms with Crippen LogP contribution >= 0.6 is 7.14 Å². The van der Waals surface area contributed by atoms with Crippen molar-refractivity contribution in [2.75, 3.05) is 19.1 Å². The average molecular weight is 300 g/mol. The van der Waals surface area contributed by atoms with Crippen LogP contribution in [0.1, 0.15) is 0 Å². The molecule has 0 saturated carbocycles. The number of aryl methyl sites for hydroxylation is 1. The third-order valence-electron chi connectivity index (χ3n) is 3.48. The minimum absolute atomic E-state index is 0.561. The molecule has 6 heteroatoms. The zero-order chi connectivity index (χ0) is 15.2. The topological polar surface area (TPSA) is 73.8 Å². The van der Waals surface area contributed by atoms with Crippen LogP contribution in [-0.2, 0) is 11.6 Å². The van der Waals surface area contributed by atoms with Crippen molar-refractivity contribution < 1.29 is 4.57 Å². The van der Waals surface area contributed by atoms with Crippen LogP contribution in [0, 0.1) is 0 Å². The summed E-state index contributed by atoms with van der Waals surface area (Å²) < 4.78 is 14.1. The molecule has 108 valence electrons. The molecule has 0 spiro atoms. The number of rotatable bonds is 2. The second-order valence-electron chi connectivity index (χ2n) is 5.47. The summed E-state index contributed by atoms with van der Waals surface area (Å²) in [5, 5.41) is 6.20. The van der Waals surface area contributed by atoms with E-state index in [0.29, 0.717) is 11.0 Å². The Bertz CT molecular complexity index is 879. The van der Waals surface area contributed by atoms with Crippen LogP contribution in [0.15, 0.2) is 36.5 Å². The first-order valence-corrected chi connectivity index (χ1v) is 9.21. The number of nitrogen functional groups attached to an aromatic ring is 1. The molecule has 0 atom stereocenters. The number of benzene rings is 1. The molecule has 21 heavy (non-hydrogen) atoms. The Morgan fingerprint density at radius 3 is 2.71 bits per heavy atom. The molecule has 0 fully saturated rings. The van der Waals surface area contributed by atoms with Gasteiger partial charge in [-0.05, 0) is 37.6 Å². The van der Waals surface area contributed by atoms with Crippen molar-refractivity contribution >= 4 is 29.2 Å². The fraction of sp³-hybridized carbons (Fsp3) is 0.200. The van der Waals surface area contributed by atoms with Gasteiger partial charge in [-0.15, -0.1) is 0 Å². The maximum absolute atomic E-state index is 12.4. The van der Waals surface area contributed by atoms with Crippen LogP contribution in [0.25, 0.3) is 22.3 Å². The molecule has 0 unspecified atom stereocenters. The Labute approximate surface area is 123 Å². The van der Waals surface area contributed by atoms with Gasteiger partial charge in [-0.25, -0.2) is 9.67 Å². The summed E-state index contributed by atoms with van der Waals surface area (Å²) in [6.45, 7) is 3.45. The van der Waals surface area contributed by atoms with Gasteiger partial charge in [-0.2, -0.15) is 5.10 Å². The molecular formula is C15H17N4OP. The van der Waals surface area contributed by atoms with Crippen molar-refractivity contribution in [3.63, 3.8) is 0 Å². The molecule has 1 aromatic carbocycles. The monoisotopic (exact) mass is 300 g/mol. The van der Waals surface area contributed by atoms with Crippen molar-refractivity contribution in [2.45, 2.75) is 0 Å². The molecule has 3 aromatic rings. The summed E-state index contributed by atoms with van der Waals surface area (Å²) in [7, 11) is -0.569. The van der Waals surface area contributed by atoms with Gasteiger partial charge in [0.2, 0.25) is 0 Å². The van der Waals surface area contributed by atoms with Crippen LogP contribution in [-0.4, -0.2) is 28.1 Å². The smallest absolute Gasteiger partial charge is 0.158 e. The molecule has 3 rings (SSSR count). The van der Waals surface area contributed by atoms with E-state index in [1.807, 2.05) is 31.3 Å². The van der Waals surface area contributed by atoms with E-state index in [1.165, 1.54) is 0 Å².